The molecule has 0 aliphatic carbocycles. The van der Waals surface area contributed by atoms with Crippen LogP contribution in [0.4, 0.5) is 10.1 Å². The van der Waals surface area contributed by atoms with Gasteiger partial charge in [0.25, 0.3) is 11.7 Å². The summed E-state index contributed by atoms with van der Waals surface area (Å²) in [5.41, 5.74) is 0.262. The quantitative estimate of drug-likeness (QED) is 0.665. The normalized spacial score (nSPS) is 9.83. The first-order chi connectivity index (χ1) is 8.68. The number of benzene rings is 2. The van der Waals surface area contributed by atoms with Crippen LogP contribution in [0.2, 0.25) is 0 Å². The van der Waals surface area contributed by atoms with Crippen molar-refractivity contribution in [1.82, 2.24) is 0 Å². The van der Waals surface area contributed by atoms with Crippen molar-refractivity contribution in [2.75, 3.05) is 5.32 Å². The summed E-state index contributed by atoms with van der Waals surface area (Å²) in [6.07, 6.45) is 0. The molecule has 0 saturated heterocycles. The van der Waals surface area contributed by atoms with Crippen molar-refractivity contribution < 1.29 is 14.0 Å². The van der Waals surface area contributed by atoms with E-state index in [9.17, 15) is 14.0 Å². The summed E-state index contributed by atoms with van der Waals surface area (Å²) in [6, 6.07) is 13.8. The fraction of sp³-hybridized carbons (Fsp3) is 0. The number of carbonyl (C=O) groups is 2. The fourth-order valence-corrected chi connectivity index (χ4v) is 1.46. The van der Waals surface area contributed by atoms with Crippen molar-refractivity contribution in [2.45, 2.75) is 0 Å². The molecule has 2 aromatic carbocycles. The average molecular weight is 243 g/mol. The van der Waals surface area contributed by atoms with Crippen LogP contribution in [-0.4, -0.2) is 11.7 Å². The van der Waals surface area contributed by atoms with Crippen LogP contribution in [-0.2, 0) is 4.79 Å². The Kier molecular flexibility index (Phi) is 3.48. The van der Waals surface area contributed by atoms with Gasteiger partial charge in [-0.2, -0.15) is 0 Å². The lowest BCUT2D eigenvalue weighted by atomic mass is 10.1. The van der Waals surface area contributed by atoms with Crippen molar-refractivity contribution in [2.24, 2.45) is 0 Å². The van der Waals surface area contributed by atoms with E-state index in [0.29, 0.717) is 0 Å². The number of hydrogen-bond acceptors (Lipinski definition) is 2. The Morgan fingerprint density at radius 3 is 2.17 bits per heavy atom. The topological polar surface area (TPSA) is 46.2 Å². The molecule has 2 aromatic rings. The van der Waals surface area contributed by atoms with Crippen LogP contribution in [0.25, 0.3) is 0 Å². The van der Waals surface area contributed by atoms with Crippen LogP contribution < -0.4 is 5.32 Å². The number of Topliss-reactive ketones (excluding diaryl/α,β-unsaturated/α-hetero) is 1. The first kappa shape index (κ1) is 12.0. The number of carbonyl (C=O) groups excluding carboxylic acids is 2. The molecule has 0 radical (unpaired) electrons. The minimum Gasteiger partial charge on any atom is -0.317 e. The van der Waals surface area contributed by atoms with Gasteiger partial charge in [-0.1, -0.05) is 42.5 Å². The van der Waals surface area contributed by atoms with Gasteiger partial charge in [0.1, 0.15) is 5.82 Å². The molecule has 90 valence electrons. The summed E-state index contributed by atoms with van der Waals surface area (Å²) in [7, 11) is 0. The Labute approximate surface area is 103 Å². The molecule has 0 aliphatic heterocycles. The number of hydrogen-bond donors (Lipinski definition) is 1. The van der Waals surface area contributed by atoms with E-state index >= 15 is 0 Å². The zero-order valence-corrected chi connectivity index (χ0v) is 9.39. The van der Waals surface area contributed by atoms with Crippen LogP contribution in [0.15, 0.2) is 54.6 Å². The maximum Gasteiger partial charge on any atom is 0.296 e. The smallest absolute Gasteiger partial charge is 0.296 e. The SMILES string of the molecule is O=C(Nc1ccccc1F)C(=O)c1ccccc1. The van der Waals surface area contributed by atoms with E-state index in [4.69, 9.17) is 0 Å². The zero-order valence-electron chi connectivity index (χ0n) is 9.39. The van der Waals surface area contributed by atoms with E-state index in [1.807, 2.05) is 0 Å². The molecule has 0 spiro atoms. The second-order valence-corrected chi connectivity index (χ2v) is 3.63. The van der Waals surface area contributed by atoms with E-state index in [1.54, 1.807) is 24.3 Å². The van der Waals surface area contributed by atoms with E-state index in [0.717, 1.165) is 0 Å². The van der Waals surface area contributed by atoms with Crippen LogP contribution in [0.5, 0.6) is 0 Å². The summed E-state index contributed by atoms with van der Waals surface area (Å²) >= 11 is 0. The highest BCUT2D eigenvalue weighted by Gasteiger charge is 2.16. The number of para-hydroxylation sites is 1. The molecule has 2 rings (SSSR count). The minimum absolute atomic E-state index is 0.00761. The number of ketones is 1. The Morgan fingerprint density at radius 1 is 0.889 bits per heavy atom. The molecular weight excluding hydrogens is 233 g/mol. The number of amides is 1. The zero-order chi connectivity index (χ0) is 13.0. The van der Waals surface area contributed by atoms with E-state index in [1.165, 1.54) is 30.3 Å². The standard InChI is InChI=1S/C14H10FNO2/c15-11-8-4-5-9-12(11)16-14(18)13(17)10-6-2-1-3-7-10/h1-9H,(H,16,18). The maximum absolute atomic E-state index is 13.3. The van der Waals surface area contributed by atoms with Crippen LogP contribution in [0.3, 0.4) is 0 Å². The number of halogens is 1. The molecule has 0 saturated carbocycles. The Balaban J connectivity index is 2.14. The molecular formula is C14H10FNO2. The highest BCUT2D eigenvalue weighted by molar-refractivity contribution is 6.46. The molecule has 0 heterocycles. The monoisotopic (exact) mass is 243 g/mol. The van der Waals surface area contributed by atoms with E-state index < -0.39 is 17.5 Å². The molecule has 1 N–H and O–H groups in total. The lowest BCUT2D eigenvalue weighted by Crippen LogP contribution is -2.23. The van der Waals surface area contributed by atoms with Gasteiger partial charge in [0, 0.05) is 5.56 Å². The molecule has 0 fully saturated rings. The third kappa shape index (κ3) is 2.60. The van der Waals surface area contributed by atoms with Gasteiger partial charge in [-0.15, -0.1) is 0 Å². The van der Waals surface area contributed by atoms with E-state index in [-0.39, 0.29) is 11.3 Å². The summed E-state index contributed by atoms with van der Waals surface area (Å²) in [4.78, 5) is 23.4. The highest BCUT2D eigenvalue weighted by atomic mass is 19.1. The van der Waals surface area contributed by atoms with Crippen molar-refractivity contribution in [3.05, 3.63) is 66.0 Å². The Morgan fingerprint density at radius 2 is 1.50 bits per heavy atom. The molecule has 0 unspecified atom stereocenters. The summed E-state index contributed by atoms with van der Waals surface area (Å²) in [6.45, 7) is 0. The largest absolute Gasteiger partial charge is 0.317 e. The molecule has 18 heavy (non-hydrogen) atoms. The number of anilines is 1. The van der Waals surface area contributed by atoms with Crippen LogP contribution in [0, 0.1) is 5.82 Å². The fourth-order valence-electron chi connectivity index (χ4n) is 1.46. The van der Waals surface area contributed by atoms with Crippen molar-refractivity contribution in [3.63, 3.8) is 0 Å². The minimum atomic E-state index is -0.855. The second kappa shape index (κ2) is 5.23. The van der Waals surface area contributed by atoms with Gasteiger partial charge in [0.2, 0.25) is 0 Å². The number of nitrogens with one attached hydrogen (secondary N) is 1. The summed E-state index contributed by atoms with van der Waals surface area (Å²) in [5, 5.41) is 2.24. The van der Waals surface area contributed by atoms with Gasteiger partial charge in [-0.25, -0.2) is 4.39 Å². The lowest BCUT2D eigenvalue weighted by Gasteiger charge is -2.05. The molecule has 0 bridgehead atoms. The molecule has 0 atom stereocenters. The molecule has 3 nitrogen and oxygen atoms in total. The van der Waals surface area contributed by atoms with Gasteiger partial charge in [0.15, 0.2) is 0 Å². The van der Waals surface area contributed by atoms with E-state index in [2.05, 4.69) is 5.32 Å². The molecule has 4 heteroatoms. The predicted molar refractivity (Wildman–Crippen MR) is 65.8 cm³/mol. The van der Waals surface area contributed by atoms with Gasteiger partial charge >= 0.3 is 0 Å². The van der Waals surface area contributed by atoms with Gasteiger partial charge in [0.05, 0.1) is 5.69 Å². The van der Waals surface area contributed by atoms with Gasteiger partial charge in [-0.05, 0) is 12.1 Å². The van der Waals surface area contributed by atoms with Crippen molar-refractivity contribution in [1.29, 1.82) is 0 Å². The van der Waals surface area contributed by atoms with Gasteiger partial charge < -0.3 is 5.32 Å². The Bertz CT molecular complexity index is 581. The number of rotatable bonds is 3. The average Bonchev–Trinajstić information content (AvgIpc) is 2.41. The van der Waals surface area contributed by atoms with Crippen LogP contribution in [0.1, 0.15) is 10.4 Å². The third-order valence-electron chi connectivity index (χ3n) is 2.36. The highest BCUT2D eigenvalue weighted by Crippen LogP contribution is 2.13. The van der Waals surface area contributed by atoms with Gasteiger partial charge in [-0.3, -0.25) is 9.59 Å². The van der Waals surface area contributed by atoms with Crippen LogP contribution >= 0.6 is 0 Å². The van der Waals surface area contributed by atoms with Crippen molar-refractivity contribution >= 4 is 17.4 Å². The predicted octanol–water partition coefficient (Wildman–Crippen LogP) is 2.65. The second-order valence-electron chi connectivity index (χ2n) is 3.63. The Hall–Kier alpha value is -2.49. The first-order valence-corrected chi connectivity index (χ1v) is 5.34. The first-order valence-electron chi connectivity index (χ1n) is 5.34. The molecule has 0 aromatic heterocycles. The third-order valence-corrected chi connectivity index (χ3v) is 2.36. The summed E-state index contributed by atoms with van der Waals surface area (Å²) < 4.78 is 13.3. The molecule has 0 aliphatic rings. The lowest BCUT2D eigenvalue weighted by molar-refractivity contribution is -0.112. The molecule has 1 amide bonds. The summed E-state index contributed by atoms with van der Waals surface area (Å²) in [5.74, 6) is -2.13. The maximum atomic E-state index is 13.3. The van der Waals surface area contributed by atoms with Crippen molar-refractivity contribution in [3.8, 4) is 0 Å².